The quantitative estimate of drug-likeness (QED) is 0.641. The average Bonchev–Trinajstić information content (AvgIpc) is 3.33. The summed E-state index contributed by atoms with van der Waals surface area (Å²) >= 11 is 1.41. The molecule has 0 bridgehead atoms. The highest BCUT2D eigenvalue weighted by molar-refractivity contribution is 7.18. The molecule has 1 saturated heterocycles. The minimum absolute atomic E-state index is 0.00973. The molecule has 2 N–H and O–H groups in total. The van der Waals surface area contributed by atoms with Crippen molar-refractivity contribution in [3.63, 3.8) is 0 Å². The Hall–Kier alpha value is -2.78. The first-order valence-corrected chi connectivity index (χ1v) is 10.3. The fourth-order valence-corrected chi connectivity index (χ4v) is 4.22. The van der Waals surface area contributed by atoms with Gasteiger partial charge in [-0.15, -0.1) is 11.3 Å². The van der Waals surface area contributed by atoms with Gasteiger partial charge in [0.25, 0.3) is 11.5 Å². The number of nitrogens with zero attached hydrogens (tertiary/aromatic N) is 2. The molecule has 1 unspecified atom stereocenters. The Morgan fingerprint density at radius 2 is 2.31 bits per heavy atom. The van der Waals surface area contributed by atoms with Crippen molar-refractivity contribution >= 4 is 27.5 Å². The number of pyridine rings is 1. The average molecular weight is 414 g/mol. The van der Waals surface area contributed by atoms with E-state index in [2.05, 4.69) is 20.3 Å². The van der Waals surface area contributed by atoms with Gasteiger partial charge in [0.15, 0.2) is 0 Å². The molecule has 1 aliphatic rings. The SMILES string of the molecule is Cc1sc2nc(C(=O)NCc3ccnc(OCC4CCOC4)c3)[nH]c(=O)c2c1C. The van der Waals surface area contributed by atoms with Gasteiger partial charge >= 0.3 is 0 Å². The second kappa shape index (κ2) is 8.30. The van der Waals surface area contributed by atoms with Crippen molar-refractivity contribution in [2.45, 2.75) is 26.8 Å². The Balaban J connectivity index is 1.41. The van der Waals surface area contributed by atoms with E-state index in [1.807, 2.05) is 13.8 Å². The number of aryl methyl sites for hydroxylation is 2. The number of aromatic nitrogens is 3. The molecule has 152 valence electrons. The van der Waals surface area contributed by atoms with Crippen LogP contribution in [0.4, 0.5) is 0 Å². The van der Waals surface area contributed by atoms with Crippen LogP contribution in [-0.2, 0) is 11.3 Å². The number of nitrogens with one attached hydrogen (secondary N) is 2. The van der Waals surface area contributed by atoms with E-state index in [1.165, 1.54) is 11.3 Å². The fraction of sp³-hybridized carbons (Fsp3) is 0.400. The molecule has 9 heteroatoms. The standard InChI is InChI=1S/C20H22N4O4S/c1-11-12(2)29-20-16(11)18(25)23-17(24-20)19(26)22-8-13-3-5-21-15(7-13)28-10-14-4-6-27-9-14/h3,5,7,14H,4,6,8-10H2,1-2H3,(H,22,26)(H,23,24,25). The lowest BCUT2D eigenvalue weighted by Crippen LogP contribution is -2.27. The lowest BCUT2D eigenvalue weighted by atomic mass is 10.1. The highest BCUT2D eigenvalue weighted by atomic mass is 32.1. The zero-order chi connectivity index (χ0) is 20.4. The molecule has 1 aliphatic heterocycles. The molecule has 1 amide bonds. The van der Waals surface area contributed by atoms with Crippen molar-refractivity contribution in [1.29, 1.82) is 0 Å². The largest absolute Gasteiger partial charge is 0.477 e. The summed E-state index contributed by atoms with van der Waals surface area (Å²) in [4.78, 5) is 37.5. The van der Waals surface area contributed by atoms with Crippen LogP contribution in [0.1, 0.15) is 33.0 Å². The second-order valence-corrected chi connectivity index (χ2v) is 8.31. The molecule has 0 aliphatic carbocycles. The molecule has 29 heavy (non-hydrogen) atoms. The summed E-state index contributed by atoms with van der Waals surface area (Å²) < 4.78 is 11.1. The number of ether oxygens (including phenoxy) is 2. The Bertz CT molecular complexity index is 1100. The summed E-state index contributed by atoms with van der Waals surface area (Å²) in [6.45, 7) is 6.15. The van der Waals surface area contributed by atoms with Crippen molar-refractivity contribution in [2.75, 3.05) is 19.8 Å². The van der Waals surface area contributed by atoms with Crippen LogP contribution in [-0.4, -0.2) is 40.7 Å². The molecule has 1 fully saturated rings. The first kappa shape index (κ1) is 19.5. The van der Waals surface area contributed by atoms with E-state index < -0.39 is 5.91 Å². The molecule has 3 aromatic heterocycles. The lowest BCUT2D eigenvalue weighted by molar-refractivity contribution is 0.0940. The Kier molecular flexibility index (Phi) is 5.59. The number of rotatable bonds is 6. The summed E-state index contributed by atoms with van der Waals surface area (Å²) in [6.07, 6.45) is 2.64. The minimum Gasteiger partial charge on any atom is -0.477 e. The molecule has 0 saturated carbocycles. The van der Waals surface area contributed by atoms with Gasteiger partial charge in [-0.3, -0.25) is 9.59 Å². The van der Waals surface area contributed by atoms with Crippen LogP contribution in [0.15, 0.2) is 23.1 Å². The third-order valence-corrected chi connectivity index (χ3v) is 6.10. The fourth-order valence-electron chi connectivity index (χ4n) is 3.19. The van der Waals surface area contributed by atoms with Gasteiger partial charge in [0, 0.05) is 36.2 Å². The Morgan fingerprint density at radius 1 is 1.45 bits per heavy atom. The lowest BCUT2D eigenvalue weighted by Gasteiger charge is -2.10. The van der Waals surface area contributed by atoms with E-state index in [9.17, 15) is 9.59 Å². The molecular formula is C20H22N4O4S. The van der Waals surface area contributed by atoms with Crippen molar-refractivity contribution < 1.29 is 14.3 Å². The highest BCUT2D eigenvalue weighted by Crippen LogP contribution is 2.25. The molecule has 8 nitrogen and oxygen atoms in total. The number of carbonyl (C=O) groups is 1. The minimum atomic E-state index is -0.435. The van der Waals surface area contributed by atoms with Crippen molar-refractivity contribution in [3.8, 4) is 5.88 Å². The van der Waals surface area contributed by atoms with E-state index >= 15 is 0 Å². The summed E-state index contributed by atoms with van der Waals surface area (Å²) in [5, 5.41) is 3.33. The Morgan fingerprint density at radius 3 is 3.10 bits per heavy atom. The van der Waals surface area contributed by atoms with E-state index in [0.717, 1.165) is 29.0 Å². The number of thiophene rings is 1. The van der Waals surface area contributed by atoms with Crippen LogP contribution in [0.2, 0.25) is 0 Å². The smallest absolute Gasteiger partial charge is 0.287 e. The molecule has 4 rings (SSSR count). The van der Waals surface area contributed by atoms with Gasteiger partial charge < -0.3 is 19.8 Å². The first-order chi connectivity index (χ1) is 14.0. The highest BCUT2D eigenvalue weighted by Gasteiger charge is 2.17. The van der Waals surface area contributed by atoms with E-state index in [-0.39, 0.29) is 17.9 Å². The maximum Gasteiger partial charge on any atom is 0.287 e. The van der Waals surface area contributed by atoms with Crippen LogP contribution >= 0.6 is 11.3 Å². The normalized spacial score (nSPS) is 16.3. The summed E-state index contributed by atoms with van der Waals surface area (Å²) in [6, 6.07) is 3.60. The molecule has 0 radical (unpaired) electrons. The van der Waals surface area contributed by atoms with Crippen LogP contribution in [0.25, 0.3) is 10.2 Å². The van der Waals surface area contributed by atoms with E-state index in [0.29, 0.717) is 35.2 Å². The van der Waals surface area contributed by atoms with E-state index in [1.54, 1.807) is 18.3 Å². The number of fused-ring (bicyclic) bond motifs is 1. The molecule has 4 heterocycles. The van der Waals surface area contributed by atoms with Crippen molar-refractivity contribution in [3.05, 3.63) is 50.5 Å². The van der Waals surface area contributed by atoms with E-state index in [4.69, 9.17) is 9.47 Å². The van der Waals surface area contributed by atoms with Gasteiger partial charge in [-0.05, 0) is 37.5 Å². The van der Waals surface area contributed by atoms with Gasteiger partial charge in [-0.25, -0.2) is 9.97 Å². The monoisotopic (exact) mass is 414 g/mol. The predicted molar refractivity (Wildman–Crippen MR) is 110 cm³/mol. The number of H-pyrrole nitrogens is 1. The van der Waals surface area contributed by atoms with Crippen molar-refractivity contribution in [1.82, 2.24) is 20.3 Å². The number of aromatic amines is 1. The molecular weight excluding hydrogens is 392 g/mol. The van der Waals surface area contributed by atoms with Crippen LogP contribution in [0.3, 0.4) is 0 Å². The van der Waals surface area contributed by atoms with Gasteiger partial charge in [0.2, 0.25) is 11.7 Å². The third kappa shape index (κ3) is 4.30. The van der Waals surface area contributed by atoms with Gasteiger partial charge in [-0.2, -0.15) is 0 Å². The predicted octanol–water partition coefficient (Wildman–Crippen LogP) is 2.34. The molecule has 0 spiro atoms. The number of hydrogen-bond donors (Lipinski definition) is 2. The topological polar surface area (TPSA) is 106 Å². The van der Waals surface area contributed by atoms with Gasteiger partial charge in [0.05, 0.1) is 18.6 Å². The molecule has 3 aromatic rings. The van der Waals surface area contributed by atoms with Crippen LogP contribution in [0, 0.1) is 19.8 Å². The van der Waals surface area contributed by atoms with Crippen molar-refractivity contribution in [2.24, 2.45) is 5.92 Å². The number of amides is 1. The van der Waals surface area contributed by atoms with Gasteiger partial charge in [0.1, 0.15) is 4.83 Å². The zero-order valence-electron chi connectivity index (χ0n) is 16.3. The number of carbonyl (C=O) groups excluding carboxylic acids is 1. The van der Waals surface area contributed by atoms with Gasteiger partial charge in [-0.1, -0.05) is 0 Å². The Labute approximate surface area is 171 Å². The summed E-state index contributed by atoms with van der Waals surface area (Å²) in [5.74, 6) is 0.481. The summed E-state index contributed by atoms with van der Waals surface area (Å²) in [5.41, 5.74) is 1.45. The molecule has 0 aromatic carbocycles. The van der Waals surface area contributed by atoms with Crippen LogP contribution in [0.5, 0.6) is 5.88 Å². The number of hydrogen-bond acceptors (Lipinski definition) is 7. The maximum absolute atomic E-state index is 12.5. The maximum atomic E-state index is 12.5. The zero-order valence-corrected chi connectivity index (χ0v) is 17.1. The summed E-state index contributed by atoms with van der Waals surface area (Å²) in [7, 11) is 0. The first-order valence-electron chi connectivity index (χ1n) is 9.45. The molecule has 1 atom stereocenters. The van der Waals surface area contributed by atoms with Crippen LogP contribution < -0.4 is 15.6 Å². The second-order valence-electron chi connectivity index (χ2n) is 7.10. The third-order valence-electron chi connectivity index (χ3n) is 5.00.